The number of nitrogens with zero attached hydrogens (tertiary/aromatic N) is 6. The van der Waals surface area contributed by atoms with E-state index in [4.69, 9.17) is 14.7 Å². The van der Waals surface area contributed by atoms with Gasteiger partial charge in [-0.3, -0.25) is 0 Å². The third kappa shape index (κ3) is 5.09. The molecule has 0 unspecified atom stereocenters. The minimum atomic E-state index is -4.45. The van der Waals surface area contributed by atoms with E-state index in [1.54, 1.807) is 4.90 Å². The number of ether oxygens (including phenoxy) is 1. The minimum Gasteiger partial charge on any atom is -0.378 e. The number of piperazine rings is 1. The van der Waals surface area contributed by atoms with E-state index in [0.29, 0.717) is 45.3 Å². The first kappa shape index (κ1) is 24.3. The Morgan fingerprint density at radius 3 is 2.22 bits per heavy atom. The zero-order chi connectivity index (χ0) is 25.3. The molecular formula is C26H29F3N6O. The lowest BCUT2D eigenvalue weighted by Gasteiger charge is -2.37. The maximum atomic E-state index is 13.5. The van der Waals surface area contributed by atoms with Crippen LogP contribution in [0, 0.1) is 13.8 Å². The highest BCUT2D eigenvalue weighted by Gasteiger charge is 2.36. The molecule has 5 rings (SSSR count). The number of alkyl halides is 3. The van der Waals surface area contributed by atoms with Crippen molar-refractivity contribution in [2.24, 2.45) is 0 Å². The van der Waals surface area contributed by atoms with Gasteiger partial charge in [0, 0.05) is 57.1 Å². The lowest BCUT2D eigenvalue weighted by molar-refractivity contribution is -0.137. The number of morpholine rings is 1. The van der Waals surface area contributed by atoms with Crippen LogP contribution in [0.5, 0.6) is 0 Å². The van der Waals surface area contributed by atoms with Crippen molar-refractivity contribution < 1.29 is 17.9 Å². The average molecular weight is 499 g/mol. The standard InChI is InChI=1S/C26H29F3N6O/c1-18-5-6-20(16-19(18)2)22-17-23(33-12-14-36-15-13-33)32-25(31-22)35-10-8-34(9-11-35)24-21(26(27,28)29)4-3-7-30-24/h3-7,16-17H,8-15H2,1-2H3. The molecule has 190 valence electrons. The topological polar surface area (TPSA) is 57.6 Å². The smallest absolute Gasteiger partial charge is 0.378 e. The van der Waals surface area contributed by atoms with Crippen molar-refractivity contribution in [2.75, 3.05) is 67.2 Å². The fraction of sp³-hybridized carbons (Fsp3) is 0.423. The first-order valence-corrected chi connectivity index (χ1v) is 12.1. The van der Waals surface area contributed by atoms with E-state index in [0.717, 1.165) is 36.2 Å². The van der Waals surface area contributed by atoms with Crippen molar-refractivity contribution in [1.82, 2.24) is 15.0 Å². The number of aromatic nitrogens is 3. The summed E-state index contributed by atoms with van der Waals surface area (Å²) >= 11 is 0. The SMILES string of the molecule is Cc1ccc(-c2cc(N3CCOCC3)nc(N3CCN(c4ncccc4C(F)(F)F)CC3)n2)cc1C. The Labute approximate surface area is 208 Å². The highest BCUT2D eigenvalue weighted by molar-refractivity contribution is 5.66. The first-order valence-electron chi connectivity index (χ1n) is 12.1. The molecule has 2 fully saturated rings. The van der Waals surface area contributed by atoms with Crippen LogP contribution in [0.3, 0.4) is 0 Å². The number of hydrogen-bond acceptors (Lipinski definition) is 7. The maximum absolute atomic E-state index is 13.5. The van der Waals surface area contributed by atoms with Crippen molar-refractivity contribution in [3.63, 3.8) is 0 Å². The van der Waals surface area contributed by atoms with Crippen LogP contribution >= 0.6 is 0 Å². The maximum Gasteiger partial charge on any atom is 0.419 e. The third-order valence-electron chi connectivity index (χ3n) is 6.79. The third-order valence-corrected chi connectivity index (χ3v) is 6.79. The van der Waals surface area contributed by atoms with E-state index < -0.39 is 11.7 Å². The summed E-state index contributed by atoms with van der Waals surface area (Å²) < 4.78 is 46.1. The number of halogens is 3. The Hall–Kier alpha value is -3.40. The molecule has 0 bridgehead atoms. The Kier molecular flexibility index (Phi) is 6.70. The molecule has 0 atom stereocenters. The molecule has 0 radical (unpaired) electrons. The second-order valence-electron chi connectivity index (χ2n) is 9.16. The van der Waals surface area contributed by atoms with Crippen molar-refractivity contribution >= 4 is 17.6 Å². The Bertz CT molecular complexity index is 1220. The Morgan fingerprint density at radius 1 is 0.806 bits per heavy atom. The van der Waals surface area contributed by atoms with Crippen molar-refractivity contribution in [3.8, 4) is 11.3 Å². The summed E-state index contributed by atoms with van der Waals surface area (Å²) in [4.78, 5) is 19.7. The minimum absolute atomic E-state index is 0.0246. The number of aryl methyl sites for hydroxylation is 2. The summed E-state index contributed by atoms with van der Waals surface area (Å²) in [6.07, 6.45) is -3.04. The fourth-order valence-corrected chi connectivity index (χ4v) is 4.56. The lowest BCUT2D eigenvalue weighted by Crippen LogP contribution is -2.48. The fourth-order valence-electron chi connectivity index (χ4n) is 4.56. The van der Waals surface area contributed by atoms with Crippen LogP contribution in [0.25, 0.3) is 11.3 Å². The molecule has 2 aromatic heterocycles. The van der Waals surface area contributed by atoms with Gasteiger partial charge in [-0.05, 0) is 43.2 Å². The molecule has 2 aliphatic heterocycles. The van der Waals surface area contributed by atoms with Crippen LogP contribution in [0.4, 0.5) is 30.8 Å². The van der Waals surface area contributed by atoms with E-state index >= 15 is 0 Å². The van der Waals surface area contributed by atoms with E-state index in [1.165, 1.54) is 23.4 Å². The molecule has 2 saturated heterocycles. The molecule has 3 aromatic rings. The summed E-state index contributed by atoms with van der Waals surface area (Å²) in [7, 11) is 0. The highest BCUT2D eigenvalue weighted by Crippen LogP contribution is 2.35. The second kappa shape index (κ2) is 9.93. The lowest BCUT2D eigenvalue weighted by atomic mass is 10.0. The van der Waals surface area contributed by atoms with Gasteiger partial charge in [-0.1, -0.05) is 12.1 Å². The summed E-state index contributed by atoms with van der Waals surface area (Å²) in [5.74, 6) is 1.40. The van der Waals surface area contributed by atoms with Crippen molar-refractivity contribution in [3.05, 3.63) is 59.3 Å². The van der Waals surface area contributed by atoms with E-state index in [-0.39, 0.29) is 5.82 Å². The van der Waals surface area contributed by atoms with Gasteiger partial charge < -0.3 is 19.4 Å². The quantitative estimate of drug-likeness (QED) is 0.531. The molecule has 4 heterocycles. The molecule has 0 spiro atoms. The molecule has 0 aliphatic carbocycles. The molecule has 2 aliphatic rings. The van der Waals surface area contributed by atoms with E-state index in [9.17, 15) is 13.2 Å². The van der Waals surface area contributed by atoms with Gasteiger partial charge in [0.05, 0.1) is 24.5 Å². The van der Waals surface area contributed by atoms with Crippen LogP contribution in [-0.2, 0) is 10.9 Å². The Balaban J connectivity index is 1.43. The van der Waals surface area contributed by atoms with Gasteiger partial charge >= 0.3 is 6.18 Å². The monoisotopic (exact) mass is 498 g/mol. The molecule has 7 nitrogen and oxygen atoms in total. The number of rotatable bonds is 4. The van der Waals surface area contributed by atoms with Crippen LogP contribution in [0.1, 0.15) is 16.7 Å². The number of hydrogen-bond donors (Lipinski definition) is 0. The van der Waals surface area contributed by atoms with Crippen LogP contribution < -0.4 is 14.7 Å². The van der Waals surface area contributed by atoms with Gasteiger partial charge in [-0.2, -0.15) is 18.2 Å². The Morgan fingerprint density at radius 2 is 1.53 bits per heavy atom. The molecule has 0 amide bonds. The largest absolute Gasteiger partial charge is 0.419 e. The second-order valence-corrected chi connectivity index (χ2v) is 9.16. The summed E-state index contributed by atoms with van der Waals surface area (Å²) in [6.45, 7) is 8.71. The first-order chi connectivity index (χ1) is 17.3. The number of benzene rings is 1. The summed E-state index contributed by atoms with van der Waals surface area (Å²) in [5, 5.41) is 0. The van der Waals surface area contributed by atoms with Crippen LogP contribution in [0.15, 0.2) is 42.6 Å². The van der Waals surface area contributed by atoms with Gasteiger partial charge in [0.2, 0.25) is 5.95 Å². The van der Waals surface area contributed by atoms with Gasteiger partial charge in [-0.15, -0.1) is 0 Å². The number of anilines is 3. The van der Waals surface area contributed by atoms with Gasteiger partial charge in [0.1, 0.15) is 11.6 Å². The van der Waals surface area contributed by atoms with Crippen molar-refractivity contribution in [1.29, 1.82) is 0 Å². The predicted octanol–water partition coefficient (Wildman–Crippen LogP) is 4.34. The summed E-state index contributed by atoms with van der Waals surface area (Å²) in [5.41, 5.74) is 3.53. The van der Waals surface area contributed by atoms with Gasteiger partial charge in [0.25, 0.3) is 0 Å². The molecule has 1 aromatic carbocycles. The highest BCUT2D eigenvalue weighted by atomic mass is 19.4. The zero-order valence-corrected chi connectivity index (χ0v) is 20.4. The van der Waals surface area contributed by atoms with Gasteiger partial charge in [-0.25, -0.2) is 9.97 Å². The molecule has 10 heteroatoms. The normalized spacial score (nSPS) is 17.0. The van der Waals surface area contributed by atoms with Crippen LogP contribution in [-0.4, -0.2) is 67.4 Å². The van der Waals surface area contributed by atoms with Crippen molar-refractivity contribution in [2.45, 2.75) is 20.0 Å². The average Bonchev–Trinajstić information content (AvgIpc) is 2.90. The van der Waals surface area contributed by atoms with Crippen LogP contribution in [0.2, 0.25) is 0 Å². The van der Waals surface area contributed by atoms with E-state index in [1.807, 2.05) is 11.0 Å². The molecule has 36 heavy (non-hydrogen) atoms. The molecule has 0 N–H and O–H groups in total. The molecular weight excluding hydrogens is 469 g/mol. The zero-order valence-electron chi connectivity index (χ0n) is 20.4. The van der Waals surface area contributed by atoms with Gasteiger partial charge in [0.15, 0.2) is 0 Å². The predicted molar refractivity (Wildman–Crippen MR) is 134 cm³/mol. The van der Waals surface area contributed by atoms with E-state index in [2.05, 4.69) is 41.9 Å². The molecule has 0 saturated carbocycles. The number of pyridine rings is 1. The summed E-state index contributed by atoms with van der Waals surface area (Å²) in [6, 6.07) is 10.7.